The maximum absolute atomic E-state index is 12.7. The number of fused-ring (bicyclic) bond motifs is 1. The molecule has 1 heterocycles. The van der Waals surface area contributed by atoms with E-state index >= 15 is 0 Å². The van der Waals surface area contributed by atoms with Crippen LogP contribution >= 0.6 is 0 Å². The second kappa shape index (κ2) is 8.70. The summed E-state index contributed by atoms with van der Waals surface area (Å²) in [5.74, 6) is -1.64. The molecule has 3 rings (SSSR count). The summed E-state index contributed by atoms with van der Waals surface area (Å²) >= 11 is 0. The molecule has 10 heteroatoms. The number of nitrogens with zero attached hydrogens (tertiary/aromatic N) is 2. The molecule has 0 aromatic heterocycles. The van der Waals surface area contributed by atoms with Crippen LogP contribution in [0.5, 0.6) is 5.75 Å². The van der Waals surface area contributed by atoms with Gasteiger partial charge in [0.15, 0.2) is 0 Å². The quantitative estimate of drug-likeness (QED) is 0.304. The molecule has 1 atom stereocenters. The highest BCUT2D eigenvalue weighted by molar-refractivity contribution is 6.24. The number of amides is 3. The van der Waals surface area contributed by atoms with Crippen molar-refractivity contribution >= 4 is 29.1 Å². The molecule has 30 heavy (non-hydrogen) atoms. The van der Waals surface area contributed by atoms with Crippen molar-refractivity contribution in [3.63, 3.8) is 0 Å². The van der Waals surface area contributed by atoms with Gasteiger partial charge in [-0.15, -0.1) is 0 Å². The average Bonchev–Trinajstić information content (AvgIpc) is 2.99. The number of nitro benzene ring substituents is 1. The summed E-state index contributed by atoms with van der Waals surface area (Å²) in [5, 5.41) is 13.8. The van der Waals surface area contributed by atoms with Gasteiger partial charge in [0.25, 0.3) is 17.5 Å². The molecule has 2 aromatic carbocycles. The number of nitro groups is 1. The summed E-state index contributed by atoms with van der Waals surface area (Å²) in [4.78, 5) is 49.1. The van der Waals surface area contributed by atoms with Crippen molar-refractivity contribution in [2.24, 2.45) is 0 Å². The van der Waals surface area contributed by atoms with Gasteiger partial charge < -0.3 is 14.8 Å². The van der Waals surface area contributed by atoms with Gasteiger partial charge in [0.1, 0.15) is 24.0 Å². The number of hydrogen-bond donors (Lipinski definition) is 1. The topological polar surface area (TPSA) is 128 Å². The van der Waals surface area contributed by atoms with Gasteiger partial charge in [0.2, 0.25) is 5.91 Å². The number of anilines is 1. The fraction of sp³-hybridized carbons (Fsp3) is 0.250. The first kappa shape index (κ1) is 20.9. The lowest BCUT2D eigenvalue weighted by Crippen LogP contribution is -2.45. The van der Waals surface area contributed by atoms with Crippen LogP contribution in [0.1, 0.15) is 27.6 Å². The Morgan fingerprint density at radius 1 is 1.13 bits per heavy atom. The van der Waals surface area contributed by atoms with E-state index in [-0.39, 0.29) is 11.1 Å². The minimum Gasteiger partial charge on any atom is -0.491 e. The van der Waals surface area contributed by atoms with E-state index in [1.165, 1.54) is 19.1 Å². The van der Waals surface area contributed by atoms with E-state index in [1.54, 1.807) is 31.4 Å². The number of carbonyl (C=O) groups excluding carboxylic acids is 3. The molecule has 2 aromatic rings. The summed E-state index contributed by atoms with van der Waals surface area (Å²) in [7, 11) is 1.57. The minimum absolute atomic E-state index is 0.0913. The normalized spacial score (nSPS) is 13.7. The van der Waals surface area contributed by atoms with Gasteiger partial charge in [0.05, 0.1) is 17.1 Å². The predicted molar refractivity (Wildman–Crippen MR) is 106 cm³/mol. The molecule has 156 valence electrons. The minimum atomic E-state index is -1.17. The predicted octanol–water partition coefficient (Wildman–Crippen LogP) is 2.24. The summed E-state index contributed by atoms with van der Waals surface area (Å²) in [6.07, 6.45) is 0. The van der Waals surface area contributed by atoms with Gasteiger partial charge in [-0.1, -0.05) is 6.07 Å². The highest BCUT2D eigenvalue weighted by Gasteiger charge is 2.44. The van der Waals surface area contributed by atoms with Crippen LogP contribution in [-0.2, 0) is 9.53 Å². The first-order valence-electron chi connectivity index (χ1n) is 9.03. The highest BCUT2D eigenvalue weighted by Crippen LogP contribution is 2.32. The van der Waals surface area contributed by atoms with E-state index in [4.69, 9.17) is 9.47 Å². The van der Waals surface area contributed by atoms with Gasteiger partial charge in [-0.3, -0.25) is 29.4 Å². The van der Waals surface area contributed by atoms with Crippen molar-refractivity contribution in [1.29, 1.82) is 0 Å². The van der Waals surface area contributed by atoms with Crippen molar-refractivity contribution < 1.29 is 28.8 Å². The molecule has 0 saturated carbocycles. The maximum Gasteiger partial charge on any atom is 0.282 e. The summed E-state index contributed by atoms with van der Waals surface area (Å²) < 4.78 is 10.3. The van der Waals surface area contributed by atoms with Crippen LogP contribution in [0.3, 0.4) is 0 Å². The Hall–Kier alpha value is -3.79. The Bertz CT molecular complexity index is 1000. The molecule has 0 bridgehead atoms. The zero-order valence-corrected chi connectivity index (χ0v) is 16.3. The Morgan fingerprint density at radius 2 is 1.83 bits per heavy atom. The van der Waals surface area contributed by atoms with Crippen LogP contribution in [0.2, 0.25) is 0 Å². The Balaban J connectivity index is 1.72. The van der Waals surface area contributed by atoms with Crippen LogP contribution in [0.4, 0.5) is 11.4 Å². The fourth-order valence-electron chi connectivity index (χ4n) is 3.03. The number of nitrogens with one attached hydrogen (secondary N) is 1. The molecule has 0 spiro atoms. The molecule has 0 fully saturated rings. The molecule has 1 aliphatic rings. The summed E-state index contributed by atoms with van der Waals surface area (Å²) in [6.45, 7) is 2.20. The third-order valence-electron chi connectivity index (χ3n) is 4.57. The van der Waals surface area contributed by atoms with E-state index in [1.807, 2.05) is 0 Å². The molecule has 1 aliphatic heterocycles. The first-order valence-corrected chi connectivity index (χ1v) is 9.03. The second-order valence-electron chi connectivity index (χ2n) is 6.47. The lowest BCUT2D eigenvalue weighted by atomic mass is 10.1. The smallest absolute Gasteiger partial charge is 0.282 e. The summed E-state index contributed by atoms with van der Waals surface area (Å²) in [6, 6.07) is 9.16. The largest absolute Gasteiger partial charge is 0.491 e. The van der Waals surface area contributed by atoms with E-state index in [9.17, 15) is 24.5 Å². The Morgan fingerprint density at radius 3 is 2.47 bits per heavy atom. The zero-order valence-electron chi connectivity index (χ0n) is 16.3. The number of hydrogen-bond acceptors (Lipinski definition) is 7. The molecule has 0 radical (unpaired) electrons. The Labute approximate surface area is 171 Å². The van der Waals surface area contributed by atoms with Crippen molar-refractivity contribution in [1.82, 2.24) is 4.90 Å². The molecule has 1 unspecified atom stereocenters. The van der Waals surface area contributed by atoms with E-state index in [0.29, 0.717) is 24.7 Å². The van der Waals surface area contributed by atoms with Crippen LogP contribution in [0, 0.1) is 10.1 Å². The highest BCUT2D eigenvalue weighted by atomic mass is 16.6. The van der Waals surface area contributed by atoms with Gasteiger partial charge in [0, 0.05) is 18.9 Å². The van der Waals surface area contributed by atoms with Crippen LogP contribution < -0.4 is 10.1 Å². The van der Waals surface area contributed by atoms with E-state index < -0.39 is 34.4 Å². The molecule has 0 saturated heterocycles. The third kappa shape index (κ3) is 3.98. The SMILES string of the molecule is COCCOc1ccc(NC(=O)C(C)N2C(=O)c3cccc([N+](=O)[O-])c3C2=O)cc1. The molecular formula is C20H19N3O7. The van der Waals surface area contributed by atoms with Crippen molar-refractivity contribution in [3.8, 4) is 5.75 Å². The first-order chi connectivity index (χ1) is 14.3. The van der Waals surface area contributed by atoms with Crippen molar-refractivity contribution in [3.05, 3.63) is 63.7 Å². The lowest BCUT2D eigenvalue weighted by molar-refractivity contribution is -0.385. The molecule has 3 amide bonds. The van der Waals surface area contributed by atoms with Gasteiger partial charge in [-0.2, -0.15) is 0 Å². The van der Waals surface area contributed by atoms with Crippen LogP contribution in [0.25, 0.3) is 0 Å². The number of rotatable bonds is 8. The van der Waals surface area contributed by atoms with Crippen molar-refractivity contribution in [2.45, 2.75) is 13.0 Å². The third-order valence-corrected chi connectivity index (χ3v) is 4.57. The molecule has 1 N–H and O–H groups in total. The number of benzene rings is 2. The number of ether oxygens (including phenoxy) is 2. The number of methoxy groups -OCH3 is 1. The maximum atomic E-state index is 12.7. The van der Waals surface area contributed by atoms with E-state index in [2.05, 4.69) is 5.32 Å². The Kier molecular flexibility index (Phi) is 6.07. The number of carbonyl (C=O) groups is 3. The molecule has 10 nitrogen and oxygen atoms in total. The summed E-state index contributed by atoms with van der Waals surface area (Å²) in [5.41, 5.74) is -0.422. The molecular weight excluding hydrogens is 394 g/mol. The molecule has 0 aliphatic carbocycles. The standard InChI is InChI=1S/C20H19N3O7/c1-12(18(24)21-13-6-8-14(9-7-13)30-11-10-29-2)22-19(25)15-4-3-5-16(23(27)28)17(15)20(22)26/h3-9,12H,10-11H2,1-2H3,(H,21,24). The van der Waals surface area contributed by atoms with Gasteiger partial charge in [-0.25, -0.2) is 0 Å². The zero-order chi connectivity index (χ0) is 21.8. The average molecular weight is 413 g/mol. The fourth-order valence-corrected chi connectivity index (χ4v) is 3.03. The van der Waals surface area contributed by atoms with Crippen LogP contribution in [0.15, 0.2) is 42.5 Å². The monoisotopic (exact) mass is 413 g/mol. The number of imide groups is 1. The van der Waals surface area contributed by atoms with Gasteiger partial charge >= 0.3 is 0 Å². The van der Waals surface area contributed by atoms with Crippen molar-refractivity contribution in [2.75, 3.05) is 25.6 Å². The van der Waals surface area contributed by atoms with Gasteiger partial charge in [-0.05, 0) is 37.3 Å². The second-order valence-corrected chi connectivity index (χ2v) is 6.47. The lowest BCUT2D eigenvalue weighted by Gasteiger charge is -2.21. The van der Waals surface area contributed by atoms with E-state index in [0.717, 1.165) is 11.0 Å². The van der Waals surface area contributed by atoms with Crippen LogP contribution in [-0.4, -0.2) is 53.9 Å².